The first-order chi connectivity index (χ1) is 9.85. The van der Waals surface area contributed by atoms with Gasteiger partial charge < -0.3 is 10.1 Å². The van der Waals surface area contributed by atoms with Crippen LogP contribution < -0.4 is 10.1 Å². The SMILES string of the molecule is CCCCC(c1cccc(OC)c1)N1CCCNCC1. The molecule has 1 fully saturated rings. The molecule has 1 saturated heterocycles. The van der Waals surface area contributed by atoms with Crippen LogP contribution in [-0.4, -0.2) is 38.2 Å². The van der Waals surface area contributed by atoms with Crippen LogP contribution in [0.15, 0.2) is 24.3 Å². The van der Waals surface area contributed by atoms with Crippen molar-refractivity contribution in [1.82, 2.24) is 10.2 Å². The van der Waals surface area contributed by atoms with Crippen LogP contribution in [0.1, 0.15) is 44.2 Å². The van der Waals surface area contributed by atoms with E-state index in [0.29, 0.717) is 6.04 Å². The average Bonchev–Trinajstić information content (AvgIpc) is 2.77. The van der Waals surface area contributed by atoms with E-state index in [1.54, 1.807) is 7.11 Å². The molecule has 3 heteroatoms. The van der Waals surface area contributed by atoms with Gasteiger partial charge in [-0.3, -0.25) is 4.90 Å². The second-order valence-electron chi connectivity index (χ2n) is 5.57. The molecule has 1 atom stereocenters. The summed E-state index contributed by atoms with van der Waals surface area (Å²) in [5.41, 5.74) is 1.40. The van der Waals surface area contributed by atoms with Gasteiger partial charge in [0.05, 0.1) is 7.11 Å². The summed E-state index contributed by atoms with van der Waals surface area (Å²) in [6.45, 7) is 6.86. The molecule has 0 saturated carbocycles. The molecule has 1 aromatic rings. The minimum Gasteiger partial charge on any atom is -0.497 e. The van der Waals surface area contributed by atoms with Crippen molar-refractivity contribution in [3.63, 3.8) is 0 Å². The van der Waals surface area contributed by atoms with Gasteiger partial charge in [0, 0.05) is 25.7 Å². The zero-order chi connectivity index (χ0) is 14.2. The zero-order valence-electron chi connectivity index (χ0n) is 12.9. The van der Waals surface area contributed by atoms with Gasteiger partial charge in [-0.05, 0) is 37.1 Å². The Hall–Kier alpha value is -1.06. The molecule has 112 valence electrons. The van der Waals surface area contributed by atoms with E-state index in [0.717, 1.165) is 25.4 Å². The normalized spacial score (nSPS) is 18.5. The third-order valence-electron chi connectivity index (χ3n) is 4.13. The van der Waals surface area contributed by atoms with Gasteiger partial charge >= 0.3 is 0 Å². The lowest BCUT2D eigenvalue weighted by atomic mass is 9.99. The Labute approximate surface area is 123 Å². The monoisotopic (exact) mass is 276 g/mol. The molecule has 2 rings (SSSR count). The molecule has 1 heterocycles. The Balaban J connectivity index is 2.15. The maximum atomic E-state index is 5.39. The highest BCUT2D eigenvalue weighted by molar-refractivity contribution is 5.30. The lowest BCUT2D eigenvalue weighted by Crippen LogP contribution is -2.32. The Morgan fingerprint density at radius 1 is 1.30 bits per heavy atom. The van der Waals surface area contributed by atoms with Gasteiger partial charge in [0.15, 0.2) is 0 Å². The molecule has 1 aliphatic heterocycles. The summed E-state index contributed by atoms with van der Waals surface area (Å²) in [4.78, 5) is 2.64. The number of rotatable bonds is 6. The number of nitrogens with zero attached hydrogens (tertiary/aromatic N) is 1. The molecule has 1 aliphatic rings. The Bertz CT molecular complexity index is 386. The summed E-state index contributed by atoms with van der Waals surface area (Å²) in [5.74, 6) is 0.969. The highest BCUT2D eigenvalue weighted by Crippen LogP contribution is 2.29. The Kier molecular flexibility index (Phi) is 6.34. The first-order valence-electron chi connectivity index (χ1n) is 7.94. The van der Waals surface area contributed by atoms with E-state index in [-0.39, 0.29) is 0 Å². The number of hydrogen-bond donors (Lipinski definition) is 1. The van der Waals surface area contributed by atoms with Crippen molar-refractivity contribution in [3.8, 4) is 5.75 Å². The predicted octanol–water partition coefficient (Wildman–Crippen LogP) is 3.22. The van der Waals surface area contributed by atoms with Crippen LogP contribution in [-0.2, 0) is 0 Å². The van der Waals surface area contributed by atoms with Crippen molar-refractivity contribution in [2.45, 2.75) is 38.6 Å². The van der Waals surface area contributed by atoms with Crippen LogP contribution in [0.25, 0.3) is 0 Å². The van der Waals surface area contributed by atoms with Crippen molar-refractivity contribution < 1.29 is 4.74 Å². The maximum absolute atomic E-state index is 5.39. The second-order valence-corrected chi connectivity index (χ2v) is 5.57. The predicted molar refractivity (Wildman–Crippen MR) is 84.3 cm³/mol. The summed E-state index contributed by atoms with van der Waals surface area (Å²) < 4.78 is 5.39. The second kappa shape index (κ2) is 8.28. The minimum atomic E-state index is 0.532. The summed E-state index contributed by atoms with van der Waals surface area (Å²) in [6, 6.07) is 9.14. The van der Waals surface area contributed by atoms with Crippen molar-refractivity contribution in [2.75, 3.05) is 33.3 Å². The summed E-state index contributed by atoms with van der Waals surface area (Å²) in [5, 5.41) is 3.50. The zero-order valence-corrected chi connectivity index (χ0v) is 12.9. The summed E-state index contributed by atoms with van der Waals surface area (Å²) in [7, 11) is 1.75. The van der Waals surface area contributed by atoms with Crippen molar-refractivity contribution in [1.29, 1.82) is 0 Å². The molecule has 0 bridgehead atoms. The first kappa shape index (κ1) is 15.3. The molecule has 1 N–H and O–H groups in total. The third kappa shape index (κ3) is 4.22. The fourth-order valence-corrected chi connectivity index (χ4v) is 2.98. The van der Waals surface area contributed by atoms with Gasteiger partial charge in [-0.25, -0.2) is 0 Å². The van der Waals surface area contributed by atoms with Crippen LogP contribution in [0.5, 0.6) is 5.75 Å². The van der Waals surface area contributed by atoms with Gasteiger partial charge in [-0.1, -0.05) is 31.9 Å². The summed E-state index contributed by atoms with van der Waals surface area (Å²) in [6.07, 6.45) is 5.02. The van der Waals surface area contributed by atoms with E-state index in [2.05, 4.69) is 35.3 Å². The van der Waals surface area contributed by atoms with Crippen LogP contribution in [0, 0.1) is 0 Å². The van der Waals surface area contributed by atoms with E-state index in [9.17, 15) is 0 Å². The van der Waals surface area contributed by atoms with Crippen LogP contribution in [0.2, 0.25) is 0 Å². The highest BCUT2D eigenvalue weighted by Gasteiger charge is 2.21. The standard InChI is InChI=1S/C17H28N2O/c1-3-4-9-17(19-12-6-10-18-11-13-19)15-7-5-8-16(14-15)20-2/h5,7-8,14,17-18H,3-4,6,9-13H2,1-2H3. The van der Waals surface area contributed by atoms with E-state index in [1.807, 2.05) is 6.07 Å². The van der Waals surface area contributed by atoms with E-state index in [4.69, 9.17) is 4.74 Å². The average molecular weight is 276 g/mol. The molecule has 3 nitrogen and oxygen atoms in total. The minimum absolute atomic E-state index is 0.532. The quantitative estimate of drug-likeness (QED) is 0.863. The first-order valence-corrected chi connectivity index (χ1v) is 7.94. The van der Waals surface area contributed by atoms with Gasteiger partial charge in [-0.15, -0.1) is 0 Å². The number of benzene rings is 1. The molecule has 20 heavy (non-hydrogen) atoms. The molecule has 1 unspecified atom stereocenters. The van der Waals surface area contributed by atoms with E-state index >= 15 is 0 Å². The lowest BCUT2D eigenvalue weighted by Gasteiger charge is -2.31. The van der Waals surface area contributed by atoms with Crippen LogP contribution in [0.4, 0.5) is 0 Å². The molecular weight excluding hydrogens is 248 g/mol. The smallest absolute Gasteiger partial charge is 0.119 e. The van der Waals surface area contributed by atoms with Crippen molar-refractivity contribution >= 4 is 0 Å². The Morgan fingerprint density at radius 3 is 3.00 bits per heavy atom. The largest absolute Gasteiger partial charge is 0.497 e. The topological polar surface area (TPSA) is 24.5 Å². The van der Waals surface area contributed by atoms with Crippen molar-refractivity contribution in [3.05, 3.63) is 29.8 Å². The Morgan fingerprint density at radius 2 is 2.20 bits per heavy atom. The third-order valence-corrected chi connectivity index (χ3v) is 4.13. The molecule has 0 spiro atoms. The van der Waals surface area contributed by atoms with Gasteiger partial charge in [-0.2, -0.15) is 0 Å². The number of ether oxygens (including phenoxy) is 1. The van der Waals surface area contributed by atoms with E-state index < -0.39 is 0 Å². The number of nitrogens with one attached hydrogen (secondary N) is 1. The molecule has 0 radical (unpaired) electrons. The van der Waals surface area contributed by atoms with Crippen molar-refractivity contribution in [2.24, 2.45) is 0 Å². The molecule has 0 aliphatic carbocycles. The molecule has 0 amide bonds. The fraction of sp³-hybridized carbons (Fsp3) is 0.647. The molecule has 1 aromatic carbocycles. The lowest BCUT2D eigenvalue weighted by molar-refractivity contribution is 0.197. The van der Waals surface area contributed by atoms with Crippen LogP contribution >= 0.6 is 0 Å². The summed E-state index contributed by atoms with van der Waals surface area (Å²) >= 11 is 0. The fourth-order valence-electron chi connectivity index (χ4n) is 2.98. The molecule has 0 aromatic heterocycles. The van der Waals surface area contributed by atoms with Gasteiger partial charge in [0.2, 0.25) is 0 Å². The maximum Gasteiger partial charge on any atom is 0.119 e. The number of unbranched alkanes of at least 4 members (excludes halogenated alkanes) is 1. The highest BCUT2D eigenvalue weighted by atomic mass is 16.5. The number of methoxy groups -OCH3 is 1. The molecular formula is C17H28N2O. The van der Waals surface area contributed by atoms with Crippen LogP contribution in [0.3, 0.4) is 0 Å². The van der Waals surface area contributed by atoms with E-state index in [1.165, 1.54) is 37.8 Å². The van der Waals surface area contributed by atoms with Gasteiger partial charge in [0.25, 0.3) is 0 Å². The van der Waals surface area contributed by atoms with Gasteiger partial charge in [0.1, 0.15) is 5.75 Å². The number of hydrogen-bond acceptors (Lipinski definition) is 3.